The minimum Gasteiger partial charge on any atom is -0.365 e. The van der Waals surface area contributed by atoms with Gasteiger partial charge in [0.25, 0.3) is 0 Å². The molecule has 0 radical (unpaired) electrons. The highest BCUT2D eigenvalue weighted by Crippen LogP contribution is 2.19. The highest BCUT2D eigenvalue weighted by atomic mass is 79.9. The van der Waals surface area contributed by atoms with Gasteiger partial charge < -0.3 is 10.1 Å². The number of carbonyl (C=O) groups is 1. The van der Waals surface area contributed by atoms with Crippen molar-refractivity contribution in [2.45, 2.75) is 63.1 Å². The molecule has 1 saturated heterocycles. The Labute approximate surface area is 100 Å². The Bertz CT molecular complexity index is 221. The molecular weight excluding hydrogens is 258 g/mol. The summed E-state index contributed by atoms with van der Waals surface area (Å²) in [6.45, 7) is 6.11. The third-order valence-electron chi connectivity index (χ3n) is 2.59. The second kappa shape index (κ2) is 5.85. The highest BCUT2D eigenvalue weighted by molar-refractivity contribution is 9.09. The lowest BCUT2D eigenvalue weighted by molar-refractivity contribution is -0.132. The fourth-order valence-electron chi connectivity index (χ4n) is 1.88. The quantitative estimate of drug-likeness (QED) is 0.801. The van der Waals surface area contributed by atoms with E-state index in [1.807, 2.05) is 13.8 Å². The fraction of sp³-hybridized carbons (Fsp3) is 0.909. The van der Waals surface area contributed by atoms with Crippen LogP contribution >= 0.6 is 15.9 Å². The van der Waals surface area contributed by atoms with E-state index in [0.29, 0.717) is 4.83 Å². The van der Waals surface area contributed by atoms with Crippen molar-refractivity contribution in [3.8, 4) is 0 Å². The summed E-state index contributed by atoms with van der Waals surface area (Å²) in [5, 5.41) is 2.98. The summed E-state index contributed by atoms with van der Waals surface area (Å²) < 4.78 is 5.51. The number of nitrogens with one attached hydrogen (secondary N) is 1. The molecule has 4 unspecified atom stereocenters. The average Bonchev–Trinajstić information content (AvgIpc) is 2.49. The van der Waals surface area contributed by atoms with E-state index in [9.17, 15) is 4.79 Å². The van der Waals surface area contributed by atoms with Crippen molar-refractivity contribution in [3.05, 3.63) is 0 Å². The highest BCUT2D eigenvalue weighted by Gasteiger charge is 2.28. The number of rotatable bonds is 4. The van der Waals surface area contributed by atoms with E-state index in [1.165, 1.54) is 0 Å². The Morgan fingerprint density at radius 1 is 1.53 bits per heavy atom. The van der Waals surface area contributed by atoms with E-state index in [2.05, 4.69) is 28.2 Å². The second-order valence-corrected chi connectivity index (χ2v) is 6.00. The molecule has 0 bridgehead atoms. The molecule has 3 nitrogen and oxygen atoms in total. The monoisotopic (exact) mass is 277 g/mol. The summed E-state index contributed by atoms with van der Waals surface area (Å²) in [5.41, 5.74) is 0. The minimum absolute atomic E-state index is 0.0417. The molecule has 0 spiro atoms. The van der Waals surface area contributed by atoms with E-state index in [4.69, 9.17) is 4.74 Å². The van der Waals surface area contributed by atoms with Crippen molar-refractivity contribution in [3.63, 3.8) is 0 Å². The van der Waals surface area contributed by atoms with Crippen molar-refractivity contribution >= 4 is 21.8 Å². The Balaban J connectivity index is 2.29. The lowest BCUT2D eigenvalue weighted by Crippen LogP contribution is -2.40. The van der Waals surface area contributed by atoms with Crippen LogP contribution in [0, 0.1) is 0 Å². The van der Waals surface area contributed by atoms with Crippen LogP contribution in [-0.4, -0.2) is 29.0 Å². The molecule has 0 saturated carbocycles. The van der Waals surface area contributed by atoms with Gasteiger partial charge in [0.05, 0.1) is 6.10 Å². The summed E-state index contributed by atoms with van der Waals surface area (Å²) in [5.74, 6) is 0.0417. The molecule has 0 aliphatic carbocycles. The molecule has 15 heavy (non-hydrogen) atoms. The van der Waals surface area contributed by atoms with E-state index >= 15 is 0 Å². The Morgan fingerprint density at radius 2 is 2.20 bits per heavy atom. The zero-order valence-electron chi connectivity index (χ0n) is 9.63. The molecule has 1 fully saturated rings. The van der Waals surface area contributed by atoms with Gasteiger partial charge in [0.2, 0.25) is 5.91 Å². The van der Waals surface area contributed by atoms with Crippen molar-refractivity contribution in [1.29, 1.82) is 0 Å². The third kappa shape index (κ3) is 4.51. The maximum Gasteiger partial charge on any atom is 0.249 e. The van der Waals surface area contributed by atoms with Gasteiger partial charge in [-0.2, -0.15) is 0 Å². The Hall–Kier alpha value is -0.0900. The molecule has 4 heteroatoms. The van der Waals surface area contributed by atoms with Crippen LogP contribution in [-0.2, 0) is 9.53 Å². The van der Waals surface area contributed by atoms with Gasteiger partial charge in [-0.3, -0.25) is 4.79 Å². The first-order valence-electron chi connectivity index (χ1n) is 5.59. The SMILES string of the molecule is CC(Br)CC(C)NC(=O)C1CCC(C)O1. The van der Waals surface area contributed by atoms with Gasteiger partial charge >= 0.3 is 0 Å². The zero-order valence-corrected chi connectivity index (χ0v) is 11.2. The lowest BCUT2D eigenvalue weighted by atomic mass is 10.1. The zero-order chi connectivity index (χ0) is 11.4. The lowest BCUT2D eigenvalue weighted by Gasteiger charge is -2.18. The molecule has 0 aromatic heterocycles. The van der Waals surface area contributed by atoms with Crippen molar-refractivity contribution < 1.29 is 9.53 Å². The molecule has 1 aliphatic rings. The predicted molar refractivity (Wildman–Crippen MR) is 64.2 cm³/mol. The maximum atomic E-state index is 11.7. The summed E-state index contributed by atoms with van der Waals surface area (Å²) in [7, 11) is 0. The van der Waals surface area contributed by atoms with E-state index in [0.717, 1.165) is 19.3 Å². The van der Waals surface area contributed by atoms with Gasteiger partial charge in [-0.05, 0) is 33.1 Å². The standard InChI is InChI=1S/C11H20BrNO2/c1-7(12)6-8(2)13-11(14)10-5-4-9(3)15-10/h7-10H,4-6H2,1-3H3,(H,13,14). The number of halogens is 1. The first-order chi connectivity index (χ1) is 6.99. The fourth-order valence-corrected chi connectivity index (χ4v) is 2.44. The summed E-state index contributed by atoms with van der Waals surface area (Å²) in [6, 6.07) is 0.200. The molecule has 1 aliphatic heterocycles. The van der Waals surface area contributed by atoms with Crippen LogP contribution in [0.3, 0.4) is 0 Å². The van der Waals surface area contributed by atoms with Crippen molar-refractivity contribution in [2.24, 2.45) is 0 Å². The number of alkyl halides is 1. The van der Waals surface area contributed by atoms with E-state index in [-0.39, 0.29) is 24.2 Å². The predicted octanol–water partition coefficient (Wildman–Crippen LogP) is 2.23. The largest absolute Gasteiger partial charge is 0.365 e. The molecule has 1 rings (SSSR count). The van der Waals surface area contributed by atoms with Gasteiger partial charge in [-0.1, -0.05) is 22.9 Å². The molecule has 0 aromatic carbocycles. The third-order valence-corrected chi connectivity index (χ3v) is 2.97. The van der Waals surface area contributed by atoms with Crippen LogP contribution in [0.1, 0.15) is 40.0 Å². The van der Waals surface area contributed by atoms with Crippen molar-refractivity contribution in [1.82, 2.24) is 5.32 Å². The van der Waals surface area contributed by atoms with Gasteiger partial charge in [0.1, 0.15) is 6.10 Å². The second-order valence-electron chi connectivity index (χ2n) is 4.44. The molecular formula is C11H20BrNO2. The summed E-state index contributed by atoms with van der Waals surface area (Å²) >= 11 is 3.48. The van der Waals surface area contributed by atoms with Crippen LogP contribution in [0.25, 0.3) is 0 Å². The number of hydrogen-bond acceptors (Lipinski definition) is 2. The molecule has 0 aromatic rings. The maximum absolute atomic E-state index is 11.7. The molecule has 4 atom stereocenters. The average molecular weight is 278 g/mol. The number of ether oxygens (including phenoxy) is 1. The molecule has 1 heterocycles. The van der Waals surface area contributed by atoms with Crippen molar-refractivity contribution in [2.75, 3.05) is 0 Å². The first kappa shape index (κ1) is 13.0. The van der Waals surface area contributed by atoms with Crippen LogP contribution in [0.4, 0.5) is 0 Å². The minimum atomic E-state index is -0.229. The van der Waals surface area contributed by atoms with Crippen LogP contribution in [0.5, 0.6) is 0 Å². The molecule has 1 amide bonds. The topological polar surface area (TPSA) is 38.3 Å². The normalized spacial score (nSPS) is 29.9. The van der Waals surface area contributed by atoms with Gasteiger partial charge in [-0.25, -0.2) is 0 Å². The molecule has 1 N–H and O–H groups in total. The first-order valence-corrected chi connectivity index (χ1v) is 6.50. The van der Waals surface area contributed by atoms with Gasteiger partial charge in [-0.15, -0.1) is 0 Å². The van der Waals surface area contributed by atoms with E-state index < -0.39 is 0 Å². The van der Waals surface area contributed by atoms with Crippen LogP contribution in [0.2, 0.25) is 0 Å². The Morgan fingerprint density at radius 3 is 2.67 bits per heavy atom. The molecule has 88 valence electrons. The van der Waals surface area contributed by atoms with Crippen LogP contribution in [0.15, 0.2) is 0 Å². The van der Waals surface area contributed by atoms with Gasteiger partial charge in [0.15, 0.2) is 0 Å². The van der Waals surface area contributed by atoms with Crippen LogP contribution < -0.4 is 5.32 Å². The Kier molecular flexibility index (Phi) is 5.06. The number of hydrogen-bond donors (Lipinski definition) is 1. The number of carbonyl (C=O) groups excluding carboxylic acids is 1. The van der Waals surface area contributed by atoms with E-state index in [1.54, 1.807) is 0 Å². The van der Waals surface area contributed by atoms with Gasteiger partial charge in [0, 0.05) is 10.9 Å². The number of amides is 1. The summed E-state index contributed by atoms with van der Waals surface area (Å²) in [6.07, 6.45) is 2.78. The summed E-state index contributed by atoms with van der Waals surface area (Å²) in [4.78, 5) is 12.2. The smallest absolute Gasteiger partial charge is 0.249 e.